The molecule has 22 nitrogen and oxygen atoms in total. The molecule has 0 aromatic carbocycles. The van der Waals surface area contributed by atoms with Gasteiger partial charge in [-0.25, -0.2) is 0 Å². The Balaban J connectivity index is -0.00000000482. The van der Waals surface area contributed by atoms with Gasteiger partial charge in [-0.1, -0.05) is 0 Å². The Morgan fingerprint density at radius 3 is 0.222 bits per heavy atom. The van der Waals surface area contributed by atoms with Gasteiger partial charge >= 0.3 is 67.0 Å². The van der Waals surface area contributed by atoms with E-state index in [0.29, 0.717) is 0 Å². The summed E-state index contributed by atoms with van der Waals surface area (Å²) in [6, 6.07) is 0. The van der Waals surface area contributed by atoms with Gasteiger partial charge in [-0.2, -0.15) is 0 Å². The van der Waals surface area contributed by atoms with Crippen molar-refractivity contribution in [1.82, 2.24) is 0 Å². The second-order valence-electron chi connectivity index (χ2n) is 1.39. The molecule has 0 aromatic heterocycles. The van der Waals surface area contributed by atoms with E-state index in [1.807, 2.05) is 0 Å². The molecule has 0 saturated heterocycles. The van der Waals surface area contributed by atoms with Crippen molar-refractivity contribution in [2.75, 3.05) is 0 Å². The van der Waals surface area contributed by atoms with Crippen molar-refractivity contribution in [3.63, 3.8) is 0 Å². The van der Waals surface area contributed by atoms with Crippen LogP contribution < -0.4 is 0 Å². The van der Waals surface area contributed by atoms with Crippen LogP contribution in [0.15, 0.2) is 0 Å². The molecule has 0 atom stereocenters. The van der Waals surface area contributed by atoms with Crippen LogP contribution in [0.1, 0.15) is 0 Å². The van der Waals surface area contributed by atoms with Gasteiger partial charge in [0, 0.05) is 0 Å². The molecule has 0 bridgehead atoms. The van der Waals surface area contributed by atoms with Gasteiger partial charge in [0.2, 0.25) is 0 Å². The van der Waals surface area contributed by atoms with Crippen molar-refractivity contribution in [3.8, 4) is 0 Å². The summed E-state index contributed by atoms with van der Waals surface area (Å²) in [6.45, 7) is 0. The molecule has 0 aliphatic heterocycles. The van der Waals surface area contributed by atoms with Crippen LogP contribution >= 0.6 is 0 Å². The first kappa shape index (κ1) is 123. The average Bonchev–Trinajstić information content (AvgIpc) is 1.76. The molecule has 0 aromatic rings. The molecule has 0 rings (SSSR count). The molecule has 0 spiro atoms. The molecule has 0 amide bonds. The van der Waals surface area contributed by atoms with Crippen molar-refractivity contribution >= 4 is 67.0 Å². The van der Waals surface area contributed by atoms with E-state index in [0.717, 1.165) is 0 Å². The van der Waals surface area contributed by atoms with Crippen molar-refractivity contribution in [2.45, 2.75) is 0 Å². The maximum absolute atomic E-state index is 7.17. The average molecular weight is 470 g/mol. The molecule has 0 aliphatic rings. The number of hydrogen-bond acceptors (Lipinski definition) is 12. The molecular formula is H34B4CaO22. The zero-order valence-corrected chi connectivity index (χ0v) is 12.7. The molecule has 0 heterocycles. The summed E-state index contributed by atoms with van der Waals surface area (Å²) in [5, 5.41) is 86.0. The van der Waals surface area contributed by atoms with Gasteiger partial charge in [0.05, 0.1) is 0 Å². The van der Waals surface area contributed by atoms with E-state index < -0.39 is 29.3 Å². The van der Waals surface area contributed by atoms with E-state index in [1.54, 1.807) is 0 Å². The van der Waals surface area contributed by atoms with Crippen molar-refractivity contribution in [3.05, 3.63) is 0 Å². The summed E-state index contributed by atoms with van der Waals surface area (Å²) in [7, 11) is -8.67. The van der Waals surface area contributed by atoms with Gasteiger partial charge in [0.25, 0.3) is 0 Å². The zero-order valence-electron chi connectivity index (χ0n) is 12.7. The molecule has 27 heteroatoms. The second-order valence-corrected chi connectivity index (χ2v) is 1.39. The quantitative estimate of drug-likeness (QED) is 0.147. The SMILES string of the molecule is O.O.O.O.O.O.O.O.O.O.OB(O)O.OB(O)O.OB(O)O.OB(O)O.[CaH2]. The van der Waals surface area contributed by atoms with Crippen molar-refractivity contribution in [1.29, 1.82) is 0 Å². The van der Waals surface area contributed by atoms with Gasteiger partial charge in [0.15, 0.2) is 0 Å². The summed E-state index contributed by atoms with van der Waals surface area (Å²) in [5.74, 6) is 0. The van der Waals surface area contributed by atoms with Crippen LogP contribution in [0.25, 0.3) is 0 Å². The van der Waals surface area contributed by atoms with Crippen LogP contribution in [0.3, 0.4) is 0 Å². The van der Waals surface area contributed by atoms with E-state index in [-0.39, 0.29) is 92.5 Å². The Labute approximate surface area is 182 Å². The third kappa shape index (κ3) is 39500. The first-order chi connectivity index (χ1) is 6.93. The Hall–Kier alpha value is 0.639. The van der Waals surface area contributed by atoms with Crippen LogP contribution in [-0.4, -0.2) is 182 Å². The molecule has 0 radical (unpaired) electrons. The standard InChI is InChI=1S/4BH3O3.Ca.10H2O.2H/c4*2-1(3)4;;;;;;;;;;;;;/h4*2-4H;;10*1H2;;. The number of rotatable bonds is 0. The molecule has 0 fully saturated rings. The van der Waals surface area contributed by atoms with E-state index >= 15 is 0 Å². The summed E-state index contributed by atoms with van der Waals surface area (Å²) >= 11 is 0. The van der Waals surface area contributed by atoms with Gasteiger partial charge in [0.1, 0.15) is 0 Å². The van der Waals surface area contributed by atoms with E-state index in [9.17, 15) is 0 Å². The van der Waals surface area contributed by atoms with Crippen LogP contribution in [-0.2, 0) is 0 Å². The predicted octanol–water partition coefficient (Wildman–Crippen LogP) is -17.4. The van der Waals surface area contributed by atoms with Crippen LogP contribution in [0.5, 0.6) is 0 Å². The predicted molar refractivity (Wildman–Crippen MR) is 94.3 cm³/mol. The fourth-order valence-corrected chi connectivity index (χ4v) is 0. The fraction of sp³-hybridized carbons (Fsp3) is 0. The van der Waals surface area contributed by atoms with Crippen LogP contribution in [0.4, 0.5) is 0 Å². The monoisotopic (exact) mass is 470 g/mol. The third-order valence-corrected chi connectivity index (χ3v) is 0. The zero-order chi connectivity index (χ0) is 14.3. The molecule has 0 unspecified atom stereocenters. The van der Waals surface area contributed by atoms with Gasteiger partial charge in [-0.15, -0.1) is 0 Å². The number of hydrogen-bond donors (Lipinski definition) is 12. The fourth-order valence-electron chi connectivity index (χ4n) is 0. The van der Waals surface area contributed by atoms with Crippen molar-refractivity contribution in [2.24, 2.45) is 0 Å². The Morgan fingerprint density at radius 1 is 0.222 bits per heavy atom. The van der Waals surface area contributed by atoms with E-state index in [4.69, 9.17) is 60.3 Å². The Bertz CT molecular complexity index is 65.3. The van der Waals surface area contributed by atoms with E-state index in [2.05, 4.69) is 0 Å². The topological polar surface area (TPSA) is 558 Å². The molecule has 27 heavy (non-hydrogen) atoms. The molecule has 180 valence electrons. The summed E-state index contributed by atoms with van der Waals surface area (Å²) in [6.07, 6.45) is 0. The van der Waals surface area contributed by atoms with Crippen LogP contribution in [0.2, 0.25) is 0 Å². The normalized spacial score (nSPS) is 4.00. The first-order valence-corrected chi connectivity index (χ1v) is 3.10. The van der Waals surface area contributed by atoms with Crippen molar-refractivity contribution < 1.29 is 115 Å². The Kier molecular flexibility index (Phi) is 498. The molecule has 0 aliphatic carbocycles. The van der Waals surface area contributed by atoms with Gasteiger partial charge in [-0.05, 0) is 0 Å². The molecule has 32 N–H and O–H groups in total. The molecular weight excluding hydrogens is 435 g/mol. The van der Waals surface area contributed by atoms with Crippen LogP contribution in [0, 0.1) is 0 Å². The molecule has 0 saturated carbocycles. The second kappa shape index (κ2) is 110. The van der Waals surface area contributed by atoms with Gasteiger partial charge in [-0.3, -0.25) is 0 Å². The minimum atomic E-state index is -2.17. The Morgan fingerprint density at radius 2 is 0.222 bits per heavy atom. The maximum atomic E-state index is 7.17. The minimum absolute atomic E-state index is 0. The first-order valence-electron chi connectivity index (χ1n) is 3.10. The summed E-state index contributed by atoms with van der Waals surface area (Å²) < 4.78 is 0. The third-order valence-electron chi connectivity index (χ3n) is 0. The van der Waals surface area contributed by atoms with E-state index in [1.165, 1.54) is 0 Å². The summed E-state index contributed by atoms with van der Waals surface area (Å²) in [4.78, 5) is 0. The van der Waals surface area contributed by atoms with Gasteiger partial charge < -0.3 is 115 Å². The summed E-state index contributed by atoms with van der Waals surface area (Å²) in [5.41, 5.74) is 0.